The van der Waals surface area contributed by atoms with Crippen molar-refractivity contribution in [2.45, 2.75) is 90.8 Å². The summed E-state index contributed by atoms with van der Waals surface area (Å²) in [5.41, 5.74) is -1.57. The average molecular weight is 375 g/mol. The minimum absolute atomic E-state index is 0.0666. The Balaban J connectivity index is 1.73. The Bertz CT molecular complexity index is 711. The Morgan fingerprint density at radius 2 is 1.81 bits per heavy atom. The van der Waals surface area contributed by atoms with Crippen LogP contribution in [-0.2, 0) is 14.3 Å². The second-order valence-corrected chi connectivity index (χ2v) is 10.6. The molecule has 27 heavy (non-hydrogen) atoms. The highest BCUT2D eigenvalue weighted by molar-refractivity contribution is 6.04. The fourth-order valence-corrected chi connectivity index (χ4v) is 7.71. The van der Waals surface area contributed by atoms with Gasteiger partial charge in [-0.3, -0.25) is 9.59 Å². The monoisotopic (exact) mass is 374 g/mol. The van der Waals surface area contributed by atoms with Gasteiger partial charge in [-0.2, -0.15) is 0 Å². The lowest BCUT2D eigenvalue weighted by Gasteiger charge is -2.63. The van der Waals surface area contributed by atoms with Crippen LogP contribution in [0.2, 0.25) is 0 Å². The van der Waals surface area contributed by atoms with E-state index in [1.165, 1.54) is 0 Å². The van der Waals surface area contributed by atoms with E-state index in [0.717, 1.165) is 38.5 Å². The van der Waals surface area contributed by atoms with Gasteiger partial charge >= 0.3 is 5.97 Å². The van der Waals surface area contributed by atoms with Gasteiger partial charge in [0.2, 0.25) is 0 Å². The third kappa shape index (κ3) is 2.31. The lowest BCUT2D eigenvalue weighted by molar-refractivity contribution is -0.193. The summed E-state index contributed by atoms with van der Waals surface area (Å²) in [6, 6.07) is 0. The minimum atomic E-state index is -0.995. The number of hydrogen-bond acceptors (Lipinski definition) is 4. The van der Waals surface area contributed by atoms with Crippen molar-refractivity contribution in [3.05, 3.63) is 12.2 Å². The quantitative estimate of drug-likeness (QED) is 0.581. The summed E-state index contributed by atoms with van der Waals surface area (Å²) in [6.45, 7) is 12.2. The Morgan fingerprint density at radius 1 is 1.15 bits per heavy atom. The van der Waals surface area contributed by atoms with Crippen molar-refractivity contribution >= 4 is 11.8 Å². The van der Waals surface area contributed by atoms with Gasteiger partial charge < -0.3 is 9.84 Å². The van der Waals surface area contributed by atoms with Gasteiger partial charge in [0, 0.05) is 11.0 Å². The van der Waals surface area contributed by atoms with Gasteiger partial charge in [0.15, 0.2) is 5.78 Å². The van der Waals surface area contributed by atoms with Gasteiger partial charge in [0.05, 0.1) is 17.1 Å². The van der Waals surface area contributed by atoms with Gasteiger partial charge in [-0.25, -0.2) is 0 Å². The molecule has 0 aliphatic heterocycles. The standard InChI is InChI=1S/C23H34O4/c1-14(2)27-19(25)21(5)10-6-9-20(4)16(21)7-11-22-13-23(26,12-8-17(20)22)15(3)18(22)24/h14,16-17,26H,3,6-13H2,1-2,4-5H3/t16-,17-,20+,21+,22+,23+/m0/s1. The number of hydrogen-bond donors (Lipinski definition) is 1. The summed E-state index contributed by atoms with van der Waals surface area (Å²) in [5, 5.41) is 11.0. The van der Waals surface area contributed by atoms with E-state index in [9.17, 15) is 14.7 Å². The summed E-state index contributed by atoms with van der Waals surface area (Å²) >= 11 is 0. The number of carbonyl (C=O) groups is 2. The van der Waals surface area contributed by atoms with Gasteiger partial charge in [-0.05, 0) is 83.0 Å². The maximum atomic E-state index is 13.3. The molecule has 4 aliphatic carbocycles. The van der Waals surface area contributed by atoms with Crippen LogP contribution in [0.3, 0.4) is 0 Å². The molecule has 0 unspecified atom stereocenters. The minimum Gasteiger partial charge on any atom is -0.463 e. The molecule has 4 nitrogen and oxygen atoms in total. The molecule has 1 N–H and O–H groups in total. The van der Waals surface area contributed by atoms with Gasteiger partial charge in [0.1, 0.15) is 0 Å². The van der Waals surface area contributed by atoms with E-state index >= 15 is 0 Å². The van der Waals surface area contributed by atoms with E-state index < -0.39 is 16.4 Å². The highest BCUT2D eigenvalue weighted by atomic mass is 16.5. The molecule has 4 aliphatic rings. The first kappa shape index (κ1) is 19.2. The first-order chi connectivity index (χ1) is 12.5. The van der Waals surface area contributed by atoms with Crippen LogP contribution in [0.15, 0.2) is 12.2 Å². The van der Waals surface area contributed by atoms with Crippen LogP contribution in [0.25, 0.3) is 0 Å². The zero-order valence-corrected chi connectivity index (χ0v) is 17.3. The molecule has 2 bridgehead atoms. The van der Waals surface area contributed by atoms with E-state index in [-0.39, 0.29) is 35.1 Å². The van der Waals surface area contributed by atoms with Crippen LogP contribution in [0.4, 0.5) is 0 Å². The Kier molecular flexibility index (Phi) is 4.04. The number of ketones is 1. The Hall–Kier alpha value is -1.16. The predicted molar refractivity (Wildman–Crippen MR) is 103 cm³/mol. The molecule has 6 atom stereocenters. The normalized spacial score (nSPS) is 49.0. The topological polar surface area (TPSA) is 63.6 Å². The summed E-state index contributed by atoms with van der Waals surface area (Å²) < 4.78 is 5.68. The molecule has 4 heteroatoms. The third-order valence-corrected chi connectivity index (χ3v) is 8.87. The number of Topliss-reactive ketones (excluding diaryl/α,β-unsaturated/α-hetero) is 1. The van der Waals surface area contributed by atoms with Crippen molar-refractivity contribution in [1.29, 1.82) is 0 Å². The molecule has 4 saturated carbocycles. The van der Waals surface area contributed by atoms with Crippen LogP contribution in [-0.4, -0.2) is 28.6 Å². The zero-order chi connectivity index (χ0) is 19.8. The zero-order valence-electron chi connectivity index (χ0n) is 17.3. The highest BCUT2D eigenvalue weighted by Gasteiger charge is 2.71. The van der Waals surface area contributed by atoms with Crippen molar-refractivity contribution < 1.29 is 19.4 Å². The van der Waals surface area contributed by atoms with Crippen molar-refractivity contribution in [2.24, 2.45) is 28.1 Å². The summed E-state index contributed by atoms with van der Waals surface area (Å²) in [5.74, 6) is 0.485. The second kappa shape index (κ2) is 5.68. The predicted octanol–water partition coefficient (Wildman–Crippen LogP) is 4.20. The number of aliphatic hydroxyl groups is 1. The molecule has 0 saturated heterocycles. The summed E-state index contributed by atoms with van der Waals surface area (Å²) in [6.07, 6.45) is 6.43. The van der Waals surface area contributed by atoms with Crippen LogP contribution in [0.1, 0.15) is 79.1 Å². The molecule has 4 fully saturated rings. The molecule has 0 amide bonds. The fraction of sp³-hybridized carbons (Fsp3) is 0.826. The molecule has 0 aromatic carbocycles. The smallest absolute Gasteiger partial charge is 0.312 e. The lowest BCUT2D eigenvalue weighted by atomic mass is 9.40. The molecular weight excluding hydrogens is 340 g/mol. The van der Waals surface area contributed by atoms with Crippen molar-refractivity contribution in [1.82, 2.24) is 0 Å². The Labute approximate surface area is 162 Å². The van der Waals surface area contributed by atoms with Crippen LogP contribution < -0.4 is 0 Å². The SMILES string of the molecule is C=C1C(=O)[C@@]23CC[C@H]4[C@@](C)(CCC[C@@]4(C)C(=O)OC(C)C)[C@@H]2CC[C@@]1(O)C3. The lowest BCUT2D eigenvalue weighted by Crippen LogP contribution is -2.60. The van der Waals surface area contributed by atoms with E-state index in [1.54, 1.807) is 0 Å². The van der Waals surface area contributed by atoms with E-state index in [1.807, 2.05) is 13.8 Å². The van der Waals surface area contributed by atoms with E-state index in [2.05, 4.69) is 20.4 Å². The maximum Gasteiger partial charge on any atom is 0.312 e. The van der Waals surface area contributed by atoms with Crippen molar-refractivity contribution in [3.8, 4) is 0 Å². The first-order valence-electron chi connectivity index (χ1n) is 10.7. The van der Waals surface area contributed by atoms with E-state index in [0.29, 0.717) is 18.4 Å². The fourth-order valence-electron chi connectivity index (χ4n) is 7.71. The first-order valence-corrected chi connectivity index (χ1v) is 10.7. The summed E-state index contributed by atoms with van der Waals surface area (Å²) in [7, 11) is 0. The maximum absolute atomic E-state index is 13.3. The molecular formula is C23H34O4. The van der Waals surface area contributed by atoms with Crippen LogP contribution in [0.5, 0.6) is 0 Å². The van der Waals surface area contributed by atoms with E-state index in [4.69, 9.17) is 4.74 Å². The van der Waals surface area contributed by atoms with Gasteiger partial charge in [-0.15, -0.1) is 0 Å². The Morgan fingerprint density at radius 3 is 2.48 bits per heavy atom. The molecule has 0 heterocycles. The average Bonchev–Trinajstić information content (AvgIpc) is 2.71. The summed E-state index contributed by atoms with van der Waals surface area (Å²) in [4.78, 5) is 26.3. The van der Waals surface area contributed by atoms with Gasteiger partial charge in [0.25, 0.3) is 0 Å². The largest absolute Gasteiger partial charge is 0.463 e. The molecule has 0 aromatic rings. The van der Waals surface area contributed by atoms with Crippen LogP contribution >= 0.6 is 0 Å². The second-order valence-electron chi connectivity index (χ2n) is 10.6. The number of esters is 1. The third-order valence-electron chi connectivity index (χ3n) is 8.87. The molecule has 1 spiro atoms. The highest BCUT2D eigenvalue weighted by Crippen LogP contribution is 2.71. The molecule has 0 radical (unpaired) electrons. The van der Waals surface area contributed by atoms with Gasteiger partial charge in [-0.1, -0.05) is 19.9 Å². The van der Waals surface area contributed by atoms with Crippen LogP contribution in [0, 0.1) is 28.1 Å². The van der Waals surface area contributed by atoms with Crippen molar-refractivity contribution in [2.75, 3.05) is 0 Å². The molecule has 150 valence electrons. The number of rotatable bonds is 2. The number of ether oxygens (including phenoxy) is 1. The number of fused-ring (bicyclic) bond motifs is 3. The number of carbonyl (C=O) groups excluding carboxylic acids is 2. The van der Waals surface area contributed by atoms with Crippen molar-refractivity contribution in [3.63, 3.8) is 0 Å². The molecule has 4 rings (SSSR count). The molecule has 0 aromatic heterocycles.